The molecule has 2 rings (SSSR count). The Labute approximate surface area is 75.4 Å². The number of nitrogens with zero attached hydrogens (tertiary/aromatic N) is 1. The van der Waals surface area contributed by atoms with E-state index in [9.17, 15) is 0 Å². The van der Waals surface area contributed by atoms with E-state index in [0.29, 0.717) is 12.4 Å². The Hall–Kier alpha value is -1.71. The first-order valence-electron chi connectivity index (χ1n) is 3.87. The second kappa shape index (κ2) is 2.97. The summed E-state index contributed by atoms with van der Waals surface area (Å²) in [5.74, 6) is 0.841. The fraction of sp³-hybridized carbons (Fsp3) is 0.222. The number of benzene rings is 1. The zero-order valence-corrected chi connectivity index (χ0v) is 7.15. The fourth-order valence-electron chi connectivity index (χ4n) is 1.28. The van der Waals surface area contributed by atoms with Crippen molar-refractivity contribution in [3.63, 3.8) is 0 Å². The first-order chi connectivity index (χ1) is 6.31. The molecule has 0 aromatic heterocycles. The van der Waals surface area contributed by atoms with Crippen molar-refractivity contribution >= 4 is 5.71 Å². The number of phenols is 1. The largest absolute Gasteiger partial charge is 0.508 e. The summed E-state index contributed by atoms with van der Waals surface area (Å²) in [6.45, 7) is 0.395. The molecule has 0 unspecified atom stereocenters. The van der Waals surface area contributed by atoms with E-state index >= 15 is 0 Å². The molecule has 0 fully saturated rings. The molecule has 1 aliphatic heterocycles. The van der Waals surface area contributed by atoms with Gasteiger partial charge < -0.3 is 14.7 Å². The van der Waals surface area contributed by atoms with Gasteiger partial charge >= 0.3 is 0 Å². The zero-order chi connectivity index (χ0) is 9.26. The van der Waals surface area contributed by atoms with Crippen LogP contribution in [0, 0.1) is 0 Å². The van der Waals surface area contributed by atoms with Crippen molar-refractivity contribution in [1.82, 2.24) is 0 Å². The molecule has 0 saturated carbocycles. The Morgan fingerprint density at radius 3 is 3.15 bits per heavy atom. The Kier molecular flexibility index (Phi) is 1.81. The number of fused-ring (bicyclic) bond motifs is 1. The van der Waals surface area contributed by atoms with Gasteiger partial charge in [-0.2, -0.15) is 0 Å². The Morgan fingerprint density at radius 2 is 2.38 bits per heavy atom. The summed E-state index contributed by atoms with van der Waals surface area (Å²) in [7, 11) is 1.49. The molecule has 1 aliphatic rings. The molecule has 0 amide bonds. The second-order valence-electron chi connectivity index (χ2n) is 2.69. The van der Waals surface area contributed by atoms with E-state index in [2.05, 4.69) is 9.99 Å². The number of oxime groups is 1. The number of phenolic OH excluding ortho intramolecular Hbond substituents is 1. The standard InChI is InChI=1S/C9H9NO3/c1-12-10-8-5-13-9-4-6(11)2-3-7(8)9/h2-4,11H,5H2,1H3. The molecule has 4 nitrogen and oxygen atoms in total. The Balaban J connectivity index is 2.44. The van der Waals surface area contributed by atoms with Gasteiger partial charge in [0.25, 0.3) is 0 Å². The summed E-state index contributed by atoms with van der Waals surface area (Å²) in [4.78, 5) is 4.66. The van der Waals surface area contributed by atoms with E-state index in [4.69, 9.17) is 9.84 Å². The molecule has 1 aromatic carbocycles. The van der Waals surface area contributed by atoms with Crippen LogP contribution in [0.25, 0.3) is 0 Å². The van der Waals surface area contributed by atoms with Gasteiger partial charge in [0.05, 0.1) is 0 Å². The van der Waals surface area contributed by atoms with Gasteiger partial charge in [0, 0.05) is 11.6 Å². The maximum atomic E-state index is 9.16. The molecule has 0 spiro atoms. The van der Waals surface area contributed by atoms with Crippen molar-refractivity contribution in [2.75, 3.05) is 13.7 Å². The Morgan fingerprint density at radius 1 is 1.54 bits per heavy atom. The number of hydrogen-bond donors (Lipinski definition) is 1. The van der Waals surface area contributed by atoms with Crippen LogP contribution in [0.2, 0.25) is 0 Å². The van der Waals surface area contributed by atoms with Gasteiger partial charge in [-0.3, -0.25) is 0 Å². The molecular weight excluding hydrogens is 170 g/mol. The summed E-state index contributed by atoms with van der Waals surface area (Å²) < 4.78 is 5.27. The third-order valence-electron chi connectivity index (χ3n) is 1.84. The maximum Gasteiger partial charge on any atom is 0.134 e. The highest BCUT2D eigenvalue weighted by Crippen LogP contribution is 2.29. The number of rotatable bonds is 1. The van der Waals surface area contributed by atoms with E-state index < -0.39 is 0 Å². The molecule has 1 N–H and O–H groups in total. The third kappa shape index (κ3) is 1.30. The molecule has 1 heterocycles. The minimum atomic E-state index is 0.192. The molecule has 0 atom stereocenters. The first kappa shape index (κ1) is 7.91. The predicted molar refractivity (Wildman–Crippen MR) is 47.1 cm³/mol. The quantitative estimate of drug-likeness (QED) is 0.657. The SMILES string of the molecule is CON=C1COc2cc(O)ccc21. The third-order valence-corrected chi connectivity index (χ3v) is 1.84. The highest BCUT2D eigenvalue weighted by atomic mass is 16.6. The topological polar surface area (TPSA) is 51.0 Å². The van der Waals surface area contributed by atoms with Gasteiger partial charge in [0.15, 0.2) is 0 Å². The fourth-order valence-corrected chi connectivity index (χ4v) is 1.28. The van der Waals surface area contributed by atoms with Gasteiger partial charge in [-0.05, 0) is 12.1 Å². The monoisotopic (exact) mass is 179 g/mol. The minimum Gasteiger partial charge on any atom is -0.508 e. The van der Waals surface area contributed by atoms with Crippen molar-refractivity contribution in [3.05, 3.63) is 23.8 Å². The first-order valence-corrected chi connectivity index (χ1v) is 3.87. The predicted octanol–water partition coefficient (Wildman–Crippen LogP) is 1.14. The van der Waals surface area contributed by atoms with Gasteiger partial charge in [-0.15, -0.1) is 0 Å². The summed E-state index contributed by atoms with van der Waals surface area (Å²) in [5, 5.41) is 13.0. The van der Waals surface area contributed by atoms with Gasteiger partial charge in [-0.25, -0.2) is 0 Å². The van der Waals surface area contributed by atoms with E-state index in [0.717, 1.165) is 11.3 Å². The van der Waals surface area contributed by atoms with E-state index in [1.54, 1.807) is 18.2 Å². The van der Waals surface area contributed by atoms with Gasteiger partial charge in [-0.1, -0.05) is 5.16 Å². The van der Waals surface area contributed by atoms with E-state index in [1.165, 1.54) is 7.11 Å². The lowest BCUT2D eigenvalue weighted by Crippen LogP contribution is -2.02. The molecule has 0 bridgehead atoms. The summed E-state index contributed by atoms with van der Waals surface area (Å²) in [6, 6.07) is 4.92. The lowest BCUT2D eigenvalue weighted by atomic mass is 10.1. The average Bonchev–Trinajstić information content (AvgIpc) is 2.49. The molecular formula is C9H9NO3. The van der Waals surface area contributed by atoms with Crippen LogP contribution in [0.5, 0.6) is 11.5 Å². The highest BCUT2D eigenvalue weighted by Gasteiger charge is 2.19. The van der Waals surface area contributed by atoms with Crippen LogP contribution in [0.3, 0.4) is 0 Å². The van der Waals surface area contributed by atoms with Crippen LogP contribution in [-0.4, -0.2) is 24.5 Å². The maximum absolute atomic E-state index is 9.16. The lowest BCUT2D eigenvalue weighted by molar-refractivity contribution is 0.211. The van der Waals surface area contributed by atoms with E-state index in [1.807, 2.05) is 0 Å². The summed E-state index contributed by atoms with van der Waals surface area (Å²) in [6.07, 6.45) is 0. The molecule has 4 heteroatoms. The molecule has 0 aliphatic carbocycles. The summed E-state index contributed by atoms with van der Waals surface area (Å²) in [5.41, 5.74) is 1.62. The van der Waals surface area contributed by atoms with Crippen molar-refractivity contribution in [3.8, 4) is 11.5 Å². The van der Waals surface area contributed by atoms with Crippen molar-refractivity contribution in [2.24, 2.45) is 5.16 Å². The van der Waals surface area contributed by atoms with Crippen LogP contribution in [0.1, 0.15) is 5.56 Å². The van der Waals surface area contributed by atoms with Gasteiger partial charge in [0.2, 0.25) is 0 Å². The normalized spacial score (nSPS) is 16.8. The molecule has 13 heavy (non-hydrogen) atoms. The van der Waals surface area contributed by atoms with E-state index in [-0.39, 0.29) is 5.75 Å². The highest BCUT2D eigenvalue weighted by molar-refractivity contribution is 6.06. The van der Waals surface area contributed by atoms with Gasteiger partial charge in [0.1, 0.15) is 30.9 Å². The average molecular weight is 179 g/mol. The zero-order valence-electron chi connectivity index (χ0n) is 7.15. The van der Waals surface area contributed by atoms with Crippen LogP contribution in [-0.2, 0) is 4.84 Å². The van der Waals surface area contributed by atoms with Crippen LogP contribution in [0.15, 0.2) is 23.4 Å². The number of ether oxygens (including phenoxy) is 1. The van der Waals surface area contributed by atoms with Crippen LogP contribution >= 0.6 is 0 Å². The lowest BCUT2D eigenvalue weighted by Gasteiger charge is -1.97. The van der Waals surface area contributed by atoms with Crippen molar-refractivity contribution in [2.45, 2.75) is 0 Å². The van der Waals surface area contributed by atoms with Crippen molar-refractivity contribution in [1.29, 1.82) is 0 Å². The summed E-state index contributed by atoms with van der Waals surface area (Å²) >= 11 is 0. The molecule has 68 valence electrons. The number of aromatic hydroxyl groups is 1. The second-order valence-corrected chi connectivity index (χ2v) is 2.69. The number of hydrogen-bond acceptors (Lipinski definition) is 4. The van der Waals surface area contributed by atoms with Crippen molar-refractivity contribution < 1.29 is 14.7 Å². The molecule has 0 radical (unpaired) electrons. The van der Waals surface area contributed by atoms with Crippen LogP contribution in [0.4, 0.5) is 0 Å². The smallest absolute Gasteiger partial charge is 0.134 e. The molecule has 1 aromatic rings. The molecule has 0 saturated heterocycles. The Bertz CT molecular complexity index is 360. The van der Waals surface area contributed by atoms with Crippen LogP contribution < -0.4 is 4.74 Å². The minimum absolute atomic E-state index is 0.192.